The molecular formula is C25H33N3O4S2. The highest BCUT2D eigenvalue weighted by atomic mass is 32.1. The lowest BCUT2D eigenvalue weighted by molar-refractivity contribution is -0.113. The van der Waals surface area contributed by atoms with Gasteiger partial charge in [0, 0.05) is 35.8 Å². The largest absolute Gasteiger partial charge is 0.501 e. The van der Waals surface area contributed by atoms with Crippen LogP contribution in [-0.4, -0.2) is 48.4 Å². The minimum absolute atomic E-state index is 0.190. The molecule has 1 fully saturated rings. The van der Waals surface area contributed by atoms with E-state index in [-0.39, 0.29) is 24.0 Å². The highest BCUT2D eigenvalue weighted by molar-refractivity contribution is 7.14. The highest BCUT2D eigenvalue weighted by Crippen LogP contribution is 2.33. The number of ether oxygens (including phenoxy) is 3. The van der Waals surface area contributed by atoms with E-state index < -0.39 is 5.91 Å². The summed E-state index contributed by atoms with van der Waals surface area (Å²) in [6.07, 6.45) is 9.70. The molecule has 184 valence electrons. The SMILES string of the molecule is CO/C(=C/C(N)=O)[C@H](C)[C@H](/C=C/c1csc(-c2csc([C@@H](C)/C=C/C3OC3C(C)C)n2)n1)OC. The molecule has 1 amide bonds. The Morgan fingerprint density at radius 3 is 2.53 bits per heavy atom. The summed E-state index contributed by atoms with van der Waals surface area (Å²) in [4.78, 5) is 20.7. The summed E-state index contributed by atoms with van der Waals surface area (Å²) in [5, 5.41) is 5.97. The molecule has 0 radical (unpaired) electrons. The number of hydrogen-bond donors (Lipinski definition) is 1. The third-order valence-corrected chi connectivity index (χ3v) is 7.58. The second-order valence-electron chi connectivity index (χ2n) is 8.63. The molecule has 0 saturated carbocycles. The minimum Gasteiger partial charge on any atom is -0.501 e. The monoisotopic (exact) mass is 503 g/mol. The first-order valence-electron chi connectivity index (χ1n) is 11.2. The summed E-state index contributed by atoms with van der Waals surface area (Å²) in [6, 6.07) is 0. The maximum absolute atomic E-state index is 11.2. The van der Waals surface area contributed by atoms with Crippen LogP contribution in [0.2, 0.25) is 0 Å². The van der Waals surface area contributed by atoms with Gasteiger partial charge in [-0.1, -0.05) is 45.9 Å². The van der Waals surface area contributed by atoms with Crippen LogP contribution in [0.4, 0.5) is 0 Å². The molecular weight excluding hydrogens is 470 g/mol. The Morgan fingerprint density at radius 1 is 1.15 bits per heavy atom. The standard InChI is InChI=1S/C25H33N3O4S2/c1-14(2)23-20(32-23)9-7-15(3)24-28-18(13-34-24)25-27-17(12-33-25)8-10-19(30-5)16(4)21(31-6)11-22(26)29/h7-16,19-20,23H,1-6H3,(H2,26,29)/b9-7+,10-8+,21-11+/t15-,16+,19-,20?,23?/m0/s1. The first-order chi connectivity index (χ1) is 16.2. The van der Waals surface area contributed by atoms with Gasteiger partial charge in [0.15, 0.2) is 0 Å². The average Bonchev–Trinajstić information content (AvgIpc) is 3.18. The number of carbonyl (C=O) groups is 1. The van der Waals surface area contributed by atoms with Crippen LogP contribution in [-0.2, 0) is 19.0 Å². The number of carbonyl (C=O) groups excluding carboxylic acids is 1. The molecule has 0 spiro atoms. The van der Waals surface area contributed by atoms with Crippen molar-refractivity contribution in [3.05, 3.63) is 51.5 Å². The van der Waals surface area contributed by atoms with Gasteiger partial charge in [-0.3, -0.25) is 4.79 Å². The first kappa shape index (κ1) is 26.3. The van der Waals surface area contributed by atoms with Gasteiger partial charge in [-0.15, -0.1) is 22.7 Å². The van der Waals surface area contributed by atoms with Crippen molar-refractivity contribution in [2.24, 2.45) is 17.6 Å². The number of epoxide rings is 1. The second kappa shape index (κ2) is 11.9. The Bertz CT molecular complexity index is 1060. The zero-order chi connectivity index (χ0) is 24.8. The van der Waals surface area contributed by atoms with E-state index in [1.165, 1.54) is 13.2 Å². The predicted octanol–water partition coefficient (Wildman–Crippen LogP) is 5.03. The number of thiazole rings is 2. The summed E-state index contributed by atoms with van der Waals surface area (Å²) in [5.74, 6) is 0.487. The summed E-state index contributed by atoms with van der Waals surface area (Å²) in [7, 11) is 3.12. The molecule has 9 heteroatoms. The molecule has 0 bridgehead atoms. The third-order valence-electron chi connectivity index (χ3n) is 5.65. The van der Waals surface area contributed by atoms with Crippen LogP contribution in [0.25, 0.3) is 16.8 Å². The number of rotatable bonds is 12. The Morgan fingerprint density at radius 2 is 1.91 bits per heavy atom. The number of methoxy groups -OCH3 is 2. The van der Waals surface area contributed by atoms with Crippen molar-refractivity contribution < 1.29 is 19.0 Å². The van der Waals surface area contributed by atoms with Gasteiger partial charge in [0.2, 0.25) is 5.91 Å². The quantitative estimate of drug-likeness (QED) is 0.189. The molecule has 0 aliphatic carbocycles. The van der Waals surface area contributed by atoms with Crippen LogP contribution in [0.15, 0.2) is 40.8 Å². The molecule has 2 aromatic rings. The van der Waals surface area contributed by atoms with Crippen molar-refractivity contribution in [1.29, 1.82) is 0 Å². The van der Waals surface area contributed by atoms with Gasteiger partial charge in [0.05, 0.1) is 30.0 Å². The van der Waals surface area contributed by atoms with Crippen LogP contribution in [0.1, 0.15) is 44.3 Å². The fraction of sp³-hybridized carbons (Fsp3) is 0.480. The number of amides is 1. The molecule has 1 aliphatic heterocycles. The normalized spacial score (nSPS) is 21.3. The Balaban J connectivity index is 1.64. The molecule has 0 aromatic carbocycles. The number of nitrogens with zero attached hydrogens (tertiary/aromatic N) is 2. The predicted molar refractivity (Wildman–Crippen MR) is 138 cm³/mol. The molecule has 2 N–H and O–H groups in total. The number of hydrogen-bond acceptors (Lipinski definition) is 8. The zero-order valence-electron chi connectivity index (χ0n) is 20.4. The molecule has 1 saturated heterocycles. The van der Waals surface area contributed by atoms with Crippen molar-refractivity contribution in [3.63, 3.8) is 0 Å². The number of nitrogens with two attached hydrogens (primary N) is 1. The van der Waals surface area contributed by atoms with Crippen molar-refractivity contribution >= 4 is 34.7 Å². The molecule has 2 unspecified atom stereocenters. The van der Waals surface area contributed by atoms with E-state index in [9.17, 15) is 4.79 Å². The topological polar surface area (TPSA) is 99.9 Å². The third kappa shape index (κ3) is 6.85. The van der Waals surface area contributed by atoms with Crippen LogP contribution in [0.3, 0.4) is 0 Å². The van der Waals surface area contributed by atoms with Gasteiger partial charge in [0.1, 0.15) is 22.6 Å². The van der Waals surface area contributed by atoms with Crippen LogP contribution < -0.4 is 5.73 Å². The Hall–Kier alpha value is -2.33. The van der Waals surface area contributed by atoms with E-state index in [1.807, 2.05) is 24.5 Å². The van der Waals surface area contributed by atoms with Crippen LogP contribution >= 0.6 is 22.7 Å². The van der Waals surface area contributed by atoms with E-state index in [0.29, 0.717) is 17.8 Å². The lowest BCUT2D eigenvalue weighted by Crippen LogP contribution is -2.22. The Kier molecular flexibility index (Phi) is 9.18. The van der Waals surface area contributed by atoms with Crippen molar-refractivity contribution in [1.82, 2.24) is 9.97 Å². The summed E-state index contributed by atoms with van der Waals surface area (Å²) >= 11 is 3.20. The smallest absolute Gasteiger partial charge is 0.244 e. The van der Waals surface area contributed by atoms with Gasteiger partial charge in [-0.05, 0) is 12.0 Å². The fourth-order valence-electron chi connectivity index (χ4n) is 3.58. The van der Waals surface area contributed by atoms with E-state index in [1.54, 1.807) is 29.8 Å². The number of allylic oxidation sites excluding steroid dienone is 1. The summed E-state index contributed by atoms with van der Waals surface area (Å²) in [6.45, 7) is 8.42. The molecule has 34 heavy (non-hydrogen) atoms. The van der Waals surface area contributed by atoms with Crippen LogP contribution in [0.5, 0.6) is 0 Å². The van der Waals surface area contributed by atoms with Crippen molar-refractivity contribution in [2.75, 3.05) is 14.2 Å². The minimum atomic E-state index is -0.556. The number of primary amides is 1. The van der Waals surface area contributed by atoms with Crippen molar-refractivity contribution in [3.8, 4) is 10.7 Å². The molecule has 7 nitrogen and oxygen atoms in total. The summed E-state index contributed by atoms with van der Waals surface area (Å²) < 4.78 is 16.6. The lowest BCUT2D eigenvalue weighted by atomic mass is 10.0. The van der Waals surface area contributed by atoms with E-state index in [0.717, 1.165) is 21.4 Å². The van der Waals surface area contributed by atoms with Gasteiger partial charge in [-0.25, -0.2) is 9.97 Å². The zero-order valence-corrected chi connectivity index (χ0v) is 22.1. The van der Waals surface area contributed by atoms with E-state index in [2.05, 4.69) is 38.3 Å². The highest BCUT2D eigenvalue weighted by Gasteiger charge is 2.38. The van der Waals surface area contributed by atoms with Gasteiger partial charge in [0.25, 0.3) is 0 Å². The molecule has 2 aromatic heterocycles. The van der Waals surface area contributed by atoms with Gasteiger partial charge in [-0.2, -0.15) is 0 Å². The average molecular weight is 504 g/mol. The molecule has 5 atom stereocenters. The molecule has 3 rings (SSSR count). The van der Waals surface area contributed by atoms with Crippen molar-refractivity contribution in [2.45, 2.75) is 51.9 Å². The van der Waals surface area contributed by atoms with E-state index in [4.69, 9.17) is 29.9 Å². The molecule has 3 heterocycles. The van der Waals surface area contributed by atoms with Crippen LogP contribution in [0, 0.1) is 11.8 Å². The maximum Gasteiger partial charge on any atom is 0.244 e. The summed E-state index contributed by atoms with van der Waals surface area (Å²) in [5.41, 5.74) is 6.97. The fourth-order valence-corrected chi connectivity index (χ4v) is 5.25. The first-order valence-corrected chi connectivity index (χ1v) is 13.0. The van der Waals surface area contributed by atoms with E-state index >= 15 is 0 Å². The van der Waals surface area contributed by atoms with Gasteiger partial charge < -0.3 is 19.9 Å². The maximum atomic E-state index is 11.2. The van der Waals surface area contributed by atoms with Gasteiger partial charge >= 0.3 is 0 Å². The second-order valence-corrected chi connectivity index (χ2v) is 10.4. The number of aromatic nitrogens is 2. The molecule has 1 aliphatic rings. The lowest BCUT2D eigenvalue weighted by Gasteiger charge is -2.21. The Labute approximate surface area is 209 Å².